The summed E-state index contributed by atoms with van der Waals surface area (Å²) in [5.74, 6) is 0.0988. The molecule has 1 aliphatic heterocycles. The highest BCUT2D eigenvalue weighted by molar-refractivity contribution is 5.82. The first kappa shape index (κ1) is 13.0. The highest BCUT2D eigenvalue weighted by atomic mass is 16.3. The number of amides is 1. The smallest absolute Gasteiger partial charge is 0.240 e. The Labute approximate surface area is 107 Å². The molecule has 0 bridgehead atoms. The largest absolute Gasteiger partial charge is 0.396 e. The van der Waals surface area contributed by atoms with Crippen LogP contribution in [0.4, 0.5) is 0 Å². The molecule has 0 radical (unpaired) electrons. The monoisotopic (exact) mass is 249 g/mol. The molecular weight excluding hydrogens is 230 g/mol. The molecular formula is C13H19N3O2. The van der Waals surface area contributed by atoms with Crippen LogP contribution in [0.15, 0.2) is 24.5 Å². The number of hydrogen-bond donors (Lipinski definition) is 1. The summed E-state index contributed by atoms with van der Waals surface area (Å²) in [6.07, 6.45) is 4.01. The van der Waals surface area contributed by atoms with Gasteiger partial charge >= 0.3 is 0 Å². The SMILES string of the molecule is CN1CCN(Cc2cccnc2)C(=O)C1CCO. The Morgan fingerprint density at radius 3 is 3.00 bits per heavy atom. The predicted molar refractivity (Wildman–Crippen MR) is 67.8 cm³/mol. The molecule has 1 amide bonds. The van der Waals surface area contributed by atoms with E-state index in [0.29, 0.717) is 13.0 Å². The molecule has 1 N–H and O–H groups in total. The summed E-state index contributed by atoms with van der Waals surface area (Å²) in [6.45, 7) is 2.22. The number of nitrogens with zero attached hydrogens (tertiary/aromatic N) is 3. The summed E-state index contributed by atoms with van der Waals surface area (Å²) >= 11 is 0. The van der Waals surface area contributed by atoms with Crippen LogP contribution in [-0.4, -0.2) is 58.6 Å². The van der Waals surface area contributed by atoms with Gasteiger partial charge in [-0.1, -0.05) is 6.07 Å². The van der Waals surface area contributed by atoms with E-state index in [9.17, 15) is 4.79 Å². The summed E-state index contributed by atoms with van der Waals surface area (Å²) in [5.41, 5.74) is 1.04. The molecule has 2 heterocycles. The Morgan fingerprint density at radius 1 is 1.50 bits per heavy atom. The maximum atomic E-state index is 12.3. The van der Waals surface area contributed by atoms with Crippen molar-refractivity contribution in [1.82, 2.24) is 14.8 Å². The lowest BCUT2D eigenvalue weighted by Gasteiger charge is -2.38. The number of aromatic nitrogens is 1. The van der Waals surface area contributed by atoms with Gasteiger partial charge in [0.1, 0.15) is 0 Å². The van der Waals surface area contributed by atoms with Crippen LogP contribution < -0.4 is 0 Å². The quantitative estimate of drug-likeness (QED) is 0.822. The normalized spacial score (nSPS) is 21.3. The van der Waals surface area contributed by atoms with Crippen molar-refractivity contribution in [2.75, 3.05) is 26.7 Å². The van der Waals surface area contributed by atoms with Gasteiger partial charge in [0.2, 0.25) is 5.91 Å². The van der Waals surface area contributed by atoms with E-state index < -0.39 is 0 Å². The highest BCUT2D eigenvalue weighted by Gasteiger charge is 2.31. The Morgan fingerprint density at radius 2 is 2.33 bits per heavy atom. The molecule has 98 valence electrons. The van der Waals surface area contributed by atoms with E-state index in [-0.39, 0.29) is 18.6 Å². The van der Waals surface area contributed by atoms with Crippen LogP contribution in [-0.2, 0) is 11.3 Å². The van der Waals surface area contributed by atoms with Gasteiger partial charge in [0.25, 0.3) is 0 Å². The maximum absolute atomic E-state index is 12.3. The van der Waals surface area contributed by atoms with Gasteiger partial charge in [-0.15, -0.1) is 0 Å². The zero-order valence-electron chi connectivity index (χ0n) is 10.6. The summed E-state index contributed by atoms with van der Waals surface area (Å²) in [5, 5.41) is 9.02. The van der Waals surface area contributed by atoms with Crippen molar-refractivity contribution < 1.29 is 9.90 Å². The molecule has 1 fully saturated rings. The van der Waals surface area contributed by atoms with Gasteiger partial charge in [-0.2, -0.15) is 0 Å². The van der Waals surface area contributed by atoms with Crippen molar-refractivity contribution in [2.45, 2.75) is 19.0 Å². The summed E-state index contributed by atoms with van der Waals surface area (Å²) in [7, 11) is 1.93. The number of hydrogen-bond acceptors (Lipinski definition) is 4. The fraction of sp³-hybridized carbons (Fsp3) is 0.538. The molecule has 1 aromatic rings. The van der Waals surface area contributed by atoms with Gasteiger partial charge in [-0.25, -0.2) is 0 Å². The maximum Gasteiger partial charge on any atom is 0.240 e. The Hall–Kier alpha value is -1.46. The van der Waals surface area contributed by atoms with Crippen LogP contribution in [0.1, 0.15) is 12.0 Å². The molecule has 0 aliphatic carbocycles. The molecule has 0 saturated carbocycles. The molecule has 1 aromatic heterocycles. The molecule has 5 nitrogen and oxygen atoms in total. The van der Waals surface area contributed by atoms with Crippen LogP contribution in [0.3, 0.4) is 0 Å². The van der Waals surface area contributed by atoms with Gasteiger partial charge < -0.3 is 10.0 Å². The first-order chi connectivity index (χ1) is 8.72. The average molecular weight is 249 g/mol. The lowest BCUT2D eigenvalue weighted by Crippen LogP contribution is -2.55. The minimum absolute atomic E-state index is 0.0431. The standard InChI is InChI=1S/C13H19N3O2/c1-15-6-7-16(13(18)12(15)4-8-17)10-11-3-2-5-14-9-11/h2-3,5,9,12,17H,4,6-8,10H2,1H3. The van der Waals surface area contributed by atoms with Crippen molar-refractivity contribution in [3.8, 4) is 0 Å². The topological polar surface area (TPSA) is 56.7 Å². The van der Waals surface area contributed by atoms with Crippen molar-refractivity contribution in [3.05, 3.63) is 30.1 Å². The second-order valence-corrected chi connectivity index (χ2v) is 4.63. The minimum atomic E-state index is -0.194. The molecule has 1 aliphatic rings. The minimum Gasteiger partial charge on any atom is -0.396 e. The first-order valence-corrected chi connectivity index (χ1v) is 6.21. The van der Waals surface area contributed by atoms with Crippen molar-refractivity contribution >= 4 is 5.91 Å². The Balaban J connectivity index is 2.03. The van der Waals surface area contributed by atoms with E-state index in [1.165, 1.54) is 0 Å². The molecule has 5 heteroatoms. The van der Waals surface area contributed by atoms with E-state index in [1.807, 2.05) is 29.0 Å². The van der Waals surface area contributed by atoms with Gasteiger partial charge in [-0.3, -0.25) is 14.7 Å². The Kier molecular flexibility index (Phi) is 4.28. The fourth-order valence-corrected chi connectivity index (χ4v) is 2.28. The zero-order valence-corrected chi connectivity index (χ0v) is 10.6. The summed E-state index contributed by atoms with van der Waals surface area (Å²) in [4.78, 5) is 20.2. The third-order valence-corrected chi connectivity index (χ3v) is 3.35. The molecule has 1 atom stereocenters. The van der Waals surface area contributed by atoms with E-state index in [4.69, 9.17) is 5.11 Å². The van der Waals surface area contributed by atoms with Crippen molar-refractivity contribution in [2.24, 2.45) is 0 Å². The number of pyridine rings is 1. The number of carbonyl (C=O) groups is 1. The lowest BCUT2D eigenvalue weighted by atomic mass is 10.1. The van der Waals surface area contributed by atoms with Gasteiger partial charge in [0.05, 0.1) is 6.04 Å². The number of rotatable bonds is 4. The highest BCUT2D eigenvalue weighted by Crippen LogP contribution is 2.15. The molecule has 2 rings (SSSR count). The van der Waals surface area contributed by atoms with Crippen LogP contribution in [0.25, 0.3) is 0 Å². The lowest BCUT2D eigenvalue weighted by molar-refractivity contribution is -0.142. The van der Waals surface area contributed by atoms with E-state index in [1.54, 1.807) is 12.4 Å². The molecule has 18 heavy (non-hydrogen) atoms. The molecule has 0 spiro atoms. The van der Waals surface area contributed by atoms with Crippen molar-refractivity contribution in [3.63, 3.8) is 0 Å². The van der Waals surface area contributed by atoms with Crippen LogP contribution in [0.5, 0.6) is 0 Å². The van der Waals surface area contributed by atoms with E-state index in [2.05, 4.69) is 4.98 Å². The number of carbonyl (C=O) groups excluding carboxylic acids is 1. The average Bonchev–Trinajstić information content (AvgIpc) is 2.39. The molecule has 0 aromatic carbocycles. The number of piperazine rings is 1. The summed E-state index contributed by atoms with van der Waals surface area (Å²) < 4.78 is 0. The second kappa shape index (κ2) is 5.93. The molecule has 1 saturated heterocycles. The predicted octanol–water partition coefficient (Wildman–Crippen LogP) is 0.107. The number of likely N-dealkylation sites (N-methyl/N-ethyl adjacent to an activating group) is 1. The Bertz CT molecular complexity index is 396. The fourth-order valence-electron chi connectivity index (χ4n) is 2.28. The number of aliphatic hydroxyl groups is 1. The van der Waals surface area contributed by atoms with E-state index >= 15 is 0 Å². The van der Waals surface area contributed by atoms with Gasteiger partial charge in [-0.05, 0) is 25.1 Å². The van der Waals surface area contributed by atoms with Crippen LogP contribution in [0, 0.1) is 0 Å². The summed E-state index contributed by atoms with van der Waals surface area (Å²) in [6, 6.07) is 3.65. The van der Waals surface area contributed by atoms with E-state index in [0.717, 1.165) is 18.7 Å². The number of aliphatic hydroxyl groups excluding tert-OH is 1. The zero-order chi connectivity index (χ0) is 13.0. The van der Waals surface area contributed by atoms with Crippen LogP contribution in [0.2, 0.25) is 0 Å². The molecule has 1 unspecified atom stereocenters. The van der Waals surface area contributed by atoms with Gasteiger partial charge in [0, 0.05) is 38.6 Å². The first-order valence-electron chi connectivity index (χ1n) is 6.21. The third-order valence-electron chi connectivity index (χ3n) is 3.35. The van der Waals surface area contributed by atoms with Crippen LogP contribution >= 0.6 is 0 Å². The third kappa shape index (κ3) is 2.86. The second-order valence-electron chi connectivity index (χ2n) is 4.63. The van der Waals surface area contributed by atoms with Gasteiger partial charge in [0.15, 0.2) is 0 Å². The van der Waals surface area contributed by atoms with Crippen molar-refractivity contribution in [1.29, 1.82) is 0 Å².